The van der Waals surface area contributed by atoms with E-state index in [2.05, 4.69) is 0 Å². The Balaban J connectivity index is 1.75. The first kappa shape index (κ1) is 14.4. The Bertz CT molecular complexity index is 530. The van der Waals surface area contributed by atoms with Crippen molar-refractivity contribution in [3.05, 3.63) is 28.0 Å². The van der Waals surface area contributed by atoms with Gasteiger partial charge in [-0.05, 0) is 6.07 Å². The fourth-order valence-electron chi connectivity index (χ4n) is 2.30. The van der Waals surface area contributed by atoms with E-state index in [0.29, 0.717) is 0 Å². The average Bonchev–Trinajstić information content (AvgIpc) is 2.95. The Morgan fingerprint density at radius 2 is 1.95 bits per heavy atom. The predicted molar refractivity (Wildman–Crippen MR) is 61.8 cm³/mol. The Morgan fingerprint density at radius 1 is 1.19 bits per heavy atom. The molecule has 1 aromatic heterocycles. The molecule has 10 nitrogen and oxygen atoms in total. The Hall–Kier alpha value is -1.56. The van der Waals surface area contributed by atoms with Gasteiger partial charge >= 0.3 is 5.88 Å². The molecule has 116 valence electrons. The number of fused-ring (bicyclic) bond motifs is 1. The molecule has 0 aromatic carbocycles. The van der Waals surface area contributed by atoms with Crippen molar-refractivity contribution in [1.29, 1.82) is 0 Å². The van der Waals surface area contributed by atoms with Gasteiger partial charge in [0, 0.05) is 0 Å². The molecule has 1 aromatic rings. The second-order valence-corrected chi connectivity index (χ2v) is 4.75. The van der Waals surface area contributed by atoms with Crippen LogP contribution in [0.2, 0.25) is 0 Å². The number of hydrogen-bond donors (Lipinski definition) is 3. The summed E-state index contributed by atoms with van der Waals surface area (Å²) >= 11 is 0. The van der Waals surface area contributed by atoms with Crippen LogP contribution >= 0.6 is 0 Å². The standard InChI is InChI=1S/C11H13NO9/c13-7-8(14)10(15)20-5-3-18-11(21-9(5)7)4-1-2-6(19-4)12(16)17/h1-2,5,7-11,13-15H,3H2/t5?,7-,8-,9?,10?,11?/m0/s1. The molecule has 0 aliphatic carbocycles. The van der Waals surface area contributed by atoms with Gasteiger partial charge in [-0.15, -0.1) is 0 Å². The van der Waals surface area contributed by atoms with Crippen LogP contribution in [0.15, 0.2) is 16.5 Å². The lowest BCUT2D eigenvalue weighted by atomic mass is 9.98. The van der Waals surface area contributed by atoms with Crippen LogP contribution in [-0.2, 0) is 14.2 Å². The summed E-state index contributed by atoms with van der Waals surface area (Å²) in [6.45, 7) is -0.0370. The van der Waals surface area contributed by atoms with E-state index in [9.17, 15) is 25.4 Å². The first-order valence-electron chi connectivity index (χ1n) is 6.18. The second kappa shape index (κ2) is 5.33. The summed E-state index contributed by atoms with van der Waals surface area (Å²) in [4.78, 5) is 9.86. The van der Waals surface area contributed by atoms with Gasteiger partial charge in [-0.3, -0.25) is 10.1 Å². The summed E-state index contributed by atoms with van der Waals surface area (Å²) in [6, 6.07) is 2.48. The van der Waals surface area contributed by atoms with E-state index in [1.165, 1.54) is 6.07 Å². The molecule has 0 spiro atoms. The van der Waals surface area contributed by atoms with Crippen LogP contribution in [0.25, 0.3) is 0 Å². The van der Waals surface area contributed by atoms with E-state index in [1.54, 1.807) is 0 Å². The fraction of sp³-hybridized carbons (Fsp3) is 0.636. The maximum Gasteiger partial charge on any atom is 0.433 e. The molecule has 0 saturated carbocycles. The molecule has 2 aliphatic rings. The molecular formula is C11H13NO9. The topological polar surface area (TPSA) is 145 Å². The number of furan rings is 1. The van der Waals surface area contributed by atoms with Crippen LogP contribution in [-0.4, -0.2) is 57.6 Å². The lowest BCUT2D eigenvalue weighted by molar-refractivity contribution is -0.404. The fourth-order valence-corrected chi connectivity index (χ4v) is 2.30. The third-order valence-electron chi connectivity index (χ3n) is 3.38. The molecule has 2 aliphatic heterocycles. The summed E-state index contributed by atoms with van der Waals surface area (Å²) in [6.07, 6.45) is -7.22. The van der Waals surface area contributed by atoms with Gasteiger partial charge in [-0.25, -0.2) is 0 Å². The van der Waals surface area contributed by atoms with Crippen LogP contribution < -0.4 is 0 Å². The summed E-state index contributed by atoms with van der Waals surface area (Å²) in [5, 5.41) is 39.4. The van der Waals surface area contributed by atoms with Crippen molar-refractivity contribution in [2.24, 2.45) is 0 Å². The largest absolute Gasteiger partial charge is 0.433 e. The lowest BCUT2D eigenvalue weighted by Crippen LogP contribution is -2.61. The maximum atomic E-state index is 10.6. The van der Waals surface area contributed by atoms with Gasteiger partial charge in [0.1, 0.15) is 29.3 Å². The first-order chi connectivity index (χ1) is 9.97. The molecule has 21 heavy (non-hydrogen) atoms. The van der Waals surface area contributed by atoms with E-state index in [1.807, 2.05) is 0 Å². The van der Waals surface area contributed by atoms with E-state index in [-0.39, 0.29) is 12.4 Å². The van der Waals surface area contributed by atoms with E-state index >= 15 is 0 Å². The Labute approximate surface area is 117 Å². The van der Waals surface area contributed by atoms with Gasteiger partial charge in [0.25, 0.3) is 0 Å². The molecule has 0 amide bonds. The van der Waals surface area contributed by atoms with Crippen molar-refractivity contribution >= 4 is 5.88 Å². The number of nitro groups is 1. The van der Waals surface area contributed by atoms with Gasteiger partial charge in [0.2, 0.25) is 6.29 Å². The monoisotopic (exact) mass is 303 g/mol. The van der Waals surface area contributed by atoms with E-state index < -0.39 is 47.8 Å². The SMILES string of the molecule is O=[N+]([O-])c1ccc(C2OCC3OC(O)[C@@H](O)[C@H](O)C3O2)o1. The molecule has 0 bridgehead atoms. The van der Waals surface area contributed by atoms with Crippen LogP contribution in [0.1, 0.15) is 12.1 Å². The zero-order valence-electron chi connectivity index (χ0n) is 10.6. The predicted octanol–water partition coefficient (Wildman–Crippen LogP) is -0.959. The van der Waals surface area contributed by atoms with Crippen molar-refractivity contribution in [3.8, 4) is 0 Å². The third kappa shape index (κ3) is 2.52. The summed E-state index contributed by atoms with van der Waals surface area (Å²) in [7, 11) is 0. The van der Waals surface area contributed by atoms with Crippen molar-refractivity contribution in [2.75, 3.05) is 6.61 Å². The van der Waals surface area contributed by atoms with Crippen LogP contribution in [0.4, 0.5) is 5.88 Å². The van der Waals surface area contributed by atoms with E-state index in [0.717, 1.165) is 6.07 Å². The van der Waals surface area contributed by atoms with Crippen molar-refractivity contribution in [3.63, 3.8) is 0 Å². The zero-order valence-corrected chi connectivity index (χ0v) is 10.6. The molecule has 4 unspecified atom stereocenters. The Morgan fingerprint density at radius 3 is 2.62 bits per heavy atom. The summed E-state index contributed by atoms with van der Waals surface area (Å²) in [5.41, 5.74) is 0. The van der Waals surface area contributed by atoms with Crippen molar-refractivity contribution < 1.29 is 38.9 Å². The number of aliphatic hydroxyl groups is 3. The van der Waals surface area contributed by atoms with Gasteiger partial charge in [-0.2, -0.15) is 0 Å². The molecule has 0 radical (unpaired) electrons. The first-order valence-corrected chi connectivity index (χ1v) is 6.18. The molecular weight excluding hydrogens is 290 g/mol. The summed E-state index contributed by atoms with van der Waals surface area (Å²) in [5.74, 6) is -0.400. The van der Waals surface area contributed by atoms with Gasteiger partial charge in [0.15, 0.2) is 12.1 Å². The van der Waals surface area contributed by atoms with Crippen LogP contribution in [0, 0.1) is 10.1 Å². The van der Waals surface area contributed by atoms with E-state index in [4.69, 9.17) is 18.6 Å². The number of hydrogen-bond acceptors (Lipinski definition) is 9. The van der Waals surface area contributed by atoms with Crippen LogP contribution in [0.5, 0.6) is 0 Å². The highest BCUT2D eigenvalue weighted by Crippen LogP contribution is 2.35. The third-order valence-corrected chi connectivity index (χ3v) is 3.38. The molecule has 3 heterocycles. The highest BCUT2D eigenvalue weighted by Gasteiger charge is 2.48. The number of rotatable bonds is 2. The minimum Gasteiger partial charge on any atom is -0.400 e. The molecule has 2 saturated heterocycles. The summed E-state index contributed by atoms with van der Waals surface area (Å²) < 4.78 is 20.7. The minimum atomic E-state index is -1.53. The molecule has 3 N–H and O–H groups in total. The van der Waals surface area contributed by atoms with Gasteiger partial charge in [-0.1, -0.05) is 0 Å². The van der Waals surface area contributed by atoms with Crippen LogP contribution in [0.3, 0.4) is 0 Å². The second-order valence-electron chi connectivity index (χ2n) is 4.75. The normalized spacial score (nSPS) is 39.8. The highest BCUT2D eigenvalue weighted by molar-refractivity contribution is 5.18. The molecule has 10 heteroatoms. The van der Waals surface area contributed by atoms with Crippen molar-refractivity contribution in [1.82, 2.24) is 0 Å². The van der Waals surface area contributed by atoms with Gasteiger partial charge in [0.05, 0.1) is 12.7 Å². The van der Waals surface area contributed by atoms with Gasteiger partial charge < -0.3 is 33.9 Å². The maximum absolute atomic E-state index is 10.6. The lowest BCUT2D eigenvalue weighted by Gasteiger charge is -2.44. The molecule has 6 atom stereocenters. The minimum absolute atomic E-state index is 0.0370. The molecule has 2 fully saturated rings. The smallest absolute Gasteiger partial charge is 0.400 e. The highest BCUT2D eigenvalue weighted by atomic mass is 16.7. The molecule has 3 rings (SSSR count). The zero-order chi connectivity index (χ0) is 15.1. The number of ether oxygens (including phenoxy) is 3. The quantitative estimate of drug-likeness (QED) is 0.464. The number of nitrogens with zero attached hydrogens (tertiary/aromatic N) is 1. The average molecular weight is 303 g/mol. The number of aliphatic hydroxyl groups excluding tert-OH is 3. The Kier molecular flexibility index (Phi) is 3.65. The van der Waals surface area contributed by atoms with Crippen molar-refractivity contribution in [2.45, 2.75) is 37.0 Å².